The molecule has 23 heavy (non-hydrogen) atoms. The van der Waals surface area contributed by atoms with Gasteiger partial charge in [-0.05, 0) is 36.1 Å². The molecule has 0 bridgehead atoms. The number of rotatable bonds is 5. The van der Waals surface area contributed by atoms with Gasteiger partial charge in [0.15, 0.2) is 0 Å². The lowest BCUT2D eigenvalue weighted by Crippen LogP contribution is -2.09. The van der Waals surface area contributed by atoms with Crippen LogP contribution in [0.5, 0.6) is 0 Å². The fourth-order valence-corrected chi connectivity index (χ4v) is 2.72. The third kappa shape index (κ3) is 3.11. The highest BCUT2D eigenvalue weighted by Gasteiger charge is 2.22. The molecule has 1 saturated carbocycles. The molecule has 2 N–H and O–H groups in total. The topological polar surface area (TPSA) is 49.8 Å². The van der Waals surface area contributed by atoms with E-state index in [1.807, 2.05) is 13.1 Å². The molecule has 0 radical (unpaired) electrons. The number of anilines is 2. The van der Waals surface area contributed by atoms with Gasteiger partial charge in [0.1, 0.15) is 5.82 Å². The lowest BCUT2D eigenvalue weighted by molar-refractivity contribution is 1.02. The number of hydrogen-bond acceptors (Lipinski definition) is 4. The molecule has 0 spiro atoms. The summed E-state index contributed by atoms with van der Waals surface area (Å²) in [4.78, 5) is 9.01. The Morgan fingerprint density at radius 1 is 1.09 bits per heavy atom. The number of nitrogens with one attached hydrogen (secondary N) is 2. The van der Waals surface area contributed by atoms with Gasteiger partial charge in [-0.2, -0.15) is 4.98 Å². The first-order valence-electron chi connectivity index (χ1n) is 8.10. The van der Waals surface area contributed by atoms with Crippen LogP contribution in [-0.2, 0) is 6.54 Å². The molecule has 116 valence electrons. The summed E-state index contributed by atoms with van der Waals surface area (Å²) in [5.41, 5.74) is 2.34. The Bertz CT molecular complexity index is 834. The standard InChI is InChI=1S/C19H20N4/c1-13-11-20-19(23-18(13)22-16-9-10-16)21-12-15-7-4-6-14-5-2-3-8-17(14)15/h2-8,11,16H,9-10,12H2,1H3,(H2,20,21,22,23). The lowest BCUT2D eigenvalue weighted by atomic mass is 10.0. The summed E-state index contributed by atoms with van der Waals surface area (Å²) in [6.07, 6.45) is 4.35. The maximum Gasteiger partial charge on any atom is 0.224 e. The molecule has 4 rings (SSSR count). The lowest BCUT2D eigenvalue weighted by Gasteiger charge is -2.11. The first-order valence-corrected chi connectivity index (χ1v) is 8.10. The van der Waals surface area contributed by atoms with Gasteiger partial charge in [0.25, 0.3) is 0 Å². The van der Waals surface area contributed by atoms with Crippen molar-refractivity contribution in [3.8, 4) is 0 Å². The second-order valence-corrected chi connectivity index (χ2v) is 6.14. The van der Waals surface area contributed by atoms with Crippen LogP contribution in [0.1, 0.15) is 24.0 Å². The molecular weight excluding hydrogens is 284 g/mol. The average Bonchev–Trinajstić information content (AvgIpc) is 3.39. The van der Waals surface area contributed by atoms with Gasteiger partial charge < -0.3 is 10.6 Å². The maximum absolute atomic E-state index is 4.61. The molecule has 0 amide bonds. The van der Waals surface area contributed by atoms with Gasteiger partial charge in [0, 0.05) is 24.3 Å². The van der Waals surface area contributed by atoms with Crippen LogP contribution in [-0.4, -0.2) is 16.0 Å². The molecule has 1 aliphatic carbocycles. The summed E-state index contributed by atoms with van der Waals surface area (Å²) in [5.74, 6) is 1.62. The predicted molar refractivity (Wildman–Crippen MR) is 94.7 cm³/mol. The zero-order chi connectivity index (χ0) is 15.6. The fourth-order valence-electron chi connectivity index (χ4n) is 2.72. The Balaban J connectivity index is 1.54. The SMILES string of the molecule is Cc1cnc(NCc2cccc3ccccc23)nc1NC1CC1. The molecule has 4 nitrogen and oxygen atoms in total. The largest absolute Gasteiger partial charge is 0.367 e. The second kappa shape index (κ2) is 5.88. The van der Waals surface area contributed by atoms with E-state index in [9.17, 15) is 0 Å². The number of hydrogen-bond donors (Lipinski definition) is 2. The first-order chi connectivity index (χ1) is 11.3. The van der Waals surface area contributed by atoms with Gasteiger partial charge in [0.2, 0.25) is 5.95 Å². The molecule has 0 atom stereocenters. The van der Waals surface area contributed by atoms with Crippen LogP contribution in [0.15, 0.2) is 48.7 Å². The van der Waals surface area contributed by atoms with Crippen LogP contribution < -0.4 is 10.6 Å². The molecule has 0 aliphatic heterocycles. The molecular formula is C19H20N4. The van der Waals surface area contributed by atoms with Crippen molar-refractivity contribution in [3.63, 3.8) is 0 Å². The monoisotopic (exact) mass is 304 g/mol. The predicted octanol–water partition coefficient (Wildman–Crippen LogP) is 4.12. The molecule has 2 aromatic carbocycles. The van der Waals surface area contributed by atoms with Gasteiger partial charge in [0.05, 0.1) is 0 Å². The molecule has 1 aromatic heterocycles. The van der Waals surface area contributed by atoms with Crippen molar-refractivity contribution < 1.29 is 0 Å². The van der Waals surface area contributed by atoms with Gasteiger partial charge in [-0.15, -0.1) is 0 Å². The zero-order valence-electron chi connectivity index (χ0n) is 13.2. The average molecular weight is 304 g/mol. The quantitative estimate of drug-likeness (QED) is 0.744. The Kier molecular flexibility index (Phi) is 3.58. The second-order valence-electron chi connectivity index (χ2n) is 6.14. The van der Waals surface area contributed by atoms with Gasteiger partial charge in [-0.3, -0.25) is 0 Å². The Morgan fingerprint density at radius 2 is 1.91 bits per heavy atom. The Morgan fingerprint density at radius 3 is 2.78 bits per heavy atom. The summed E-state index contributed by atoms with van der Waals surface area (Å²) in [6.45, 7) is 2.76. The summed E-state index contributed by atoms with van der Waals surface area (Å²) >= 11 is 0. The Labute approximate surface area is 136 Å². The van der Waals surface area contributed by atoms with Crippen molar-refractivity contribution in [2.24, 2.45) is 0 Å². The minimum Gasteiger partial charge on any atom is -0.367 e. The number of aromatic nitrogens is 2. The Hall–Kier alpha value is -2.62. The highest BCUT2D eigenvalue weighted by atomic mass is 15.2. The first kappa shape index (κ1) is 14.0. The van der Waals surface area contributed by atoms with E-state index >= 15 is 0 Å². The molecule has 1 aliphatic rings. The maximum atomic E-state index is 4.61. The van der Waals surface area contributed by atoms with E-state index in [0.29, 0.717) is 18.5 Å². The fraction of sp³-hybridized carbons (Fsp3) is 0.263. The minimum atomic E-state index is 0.592. The molecule has 1 heterocycles. The van der Waals surface area contributed by atoms with Crippen molar-refractivity contribution in [2.75, 3.05) is 10.6 Å². The van der Waals surface area contributed by atoms with E-state index in [1.165, 1.54) is 29.2 Å². The van der Waals surface area contributed by atoms with Gasteiger partial charge >= 0.3 is 0 Å². The highest BCUT2D eigenvalue weighted by Crippen LogP contribution is 2.26. The molecule has 0 saturated heterocycles. The molecule has 4 heteroatoms. The smallest absolute Gasteiger partial charge is 0.224 e. The van der Waals surface area contributed by atoms with Crippen LogP contribution in [0.25, 0.3) is 10.8 Å². The van der Waals surface area contributed by atoms with Crippen LogP contribution in [0, 0.1) is 6.92 Å². The molecule has 1 fully saturated rings. The summed E-state index contributed by atoms with van der Waals surface area (Å²) in [6, 6.07) is 15.4. The van der Waals surface area contributed by atoms with Crippen LogP contribution in [0.2, 0.25) is 0 Å². The number of aryl methyl sites for hydroxylation is 1. The van der Waals surface area contributed by atoms with Crippen LogP contribution >= 0.6 is 0 Å². The van der Waals surface area contributed by atoms with E-state index in [2.05, 4.69) is 63.1 Å². The third-order valence-electron chi connectivity index (χ3n) is 4.21. The van der Waals surface area contributed by atoms with Crippen molar-refractivity contribution in [3.05, 3.63) is 59.8 Å². The number of benzene rings is 2. The molecule has 0 unspecified atom stereocenters. The van der Waals surface area contributed by atoms with E-state index in [4.69, 9.17) is 0 Å². The van der Waals surface area contributed by atoms with Crippen molar-refractivity contribution >= 4 is 22.5 Å². The van der Waals surface area contributed by atoms with Crippen LogP contribution in [0.3, 0.4) is 0 Å². The van der Waals surface area contributed by atoms with Crippen molar-refractivity contribution in [1.29, 1.82) is 0 Å². The highest BCUT2D eigenvalue weighted by molar-refractivity contribution is 5.85. The number of fused-ring (bicyclic) bond motifs is 1. The van der Waals surface area contributed by atoms with E-state index in [-0.39, 0.29) is 0 Å². The summed E-state index contributed by atoms with van der Waals surface area (Å²) in [5, 5.41) is 9.34. The summed E-state index contributed by atoms with van der Waals surface area (Å²) in [7, 11) is 0. The van der Waals surface area contributed by atoms with E-state index in [1.54, 1.807) is 0 Å². The van der Waals surface area contributed by atoms with Crippen molar-refractivity contribution in [2.45, 2.75) is 32.4 Å². The zero-order valence-corrected chi connectivity index (χ0v) is 13.2. The normalized spacial score (nSPS) is 14.0. The number of nitrogens with zero attached hydrogens (tertiary/aromatic N) is 2. The van der Waals surface area contributed by atoms with Crippen LogP contribution in [0.4, 0.5) is 11.8 Å². The van der Waals surface area contributed by atoms with Gasteiger partial charge in [-0.25, -0.2) is 4.98 Å². The van der Waals surface area contributed by atoms with E-state index < -0.39 is 0 Å². The minimum absolute atomic E-state index is 0.592. The molecule has 3 aromatic rings. The van der Waals surface area contributed by atoms with E-state index in [0.717, 1.165) is 11.4 Å². The van der Waals surface area contributed by atoms with Crippen molar-refractivity contribution in [1.82, 2.24) is 9.97 Å². The van der Waals surface area contributed by atoms with Gasteiger partial charge in [-0.1, -0.05) is 42.5 Å². The summed E-state index contributed by atoms with van der Waals surface area (Å²) < 4.78 is 0. The third-order valence-corrected chi connectivity index (χ3v) is 4.21.